The predicted octanol–water partition coefficient (Wildman–Crippen LogP) is 2.69. The van der Waals surface area contributed by atoms with Gasteiger partial charge in [0.15, 0.2) is 0 Å². The molecule has 1 fully saturated rings. The monoisotopic (exact) mass is 325 g/mol. The van der Waals surface area contributed by atoms with Gasteiger partial charge in [0.25, 0.3) is 0 Å². The molecule has 0 aromatic heterocycles. The highest BCUT2D eigenvalue weighted by Crippen LogP contribution is 2.29. The van der Waals surface area contributed by atoms with E-state index >= 15 is 0 Å². The zero-order valence-corrected chi connectivity index (χ0v) is 13.5. The molecule has 0 saturated carbocycles. The van der Waals surface area contributed by atoms with Crippen LogP contribution in [0.1, 0.15) is 18.4 Å². The molecule has 0 bridgehead atoms. The number of halogens is 1. The fourth-order valence-corrected chi connectivity index (χ4v) is 3.23. The van der Waals surface area contributed by atoms with Gasteiger partial charge >= 0.3 is 0 Å². The fraction of sp³-hybridized carbons (Fsp3) is 0.600. The van der Waals surface area contributed by atoms with Gasteiger partial charge in [-0.15, -0.1) is 0 Å². The zero-order valence-electron chi connectivity index (χ0n) is 11.9. The largest absolute Gasteiger partial charge is 0.371 e. The van der Waals surface area contributed by atoms with Gasteiger partial charge in [0, 0.05) is 36.3 Å². The maximum absolute atomic E-state index is 5.85. The quantitative estimate of drug-likeness (QED) is 0.923. The first-order chi connectivity index (χ1) is 9.10. The van der Waals surface area contributed by atoms with Gasteiger partial charge < -0.3 is 15.5 Å². The van der Waals surface area contributed by atoms with Gasteiger partial charge in [-0.2, -0.15) is 0 Å². The first-order valence-corrected chi connectivity index (χ1v) is 7.77. The topological polar surface area (TPSA) is 32.5 Å². The number of hydrogen-bond donors (Lipinski definition) is 1. The summed E-state index contributed by atoms with van der Waals surface area (Å²) in [7, 11) is 4.32. The number of rotatable bonds is 4. The summed E-state index contributed by atoms with van der Waals surface area (Å²) < 4.78 is 1.13. The van der Waals surface area contributed by atoms with E-state index in [0.29, 0.717) is 6.54 Å². The molecule has 1 aliphatic heterocycles. The lowest BCUT2D eigenvalue weighted by molar-refractivity contribution is 0.285. The van der Waals surface area contributed by atoms with Gasteiger partial charge in [-0.05, 0) is 50.6 Å². The fourth-order valence-electron chi connectivity index (χ4n) is 2.88. The van der Waals surface area contributed by atoms with Crippen molar-refractivity contribution in [1.29, 1.82) is 0 Å². The molecule has 106 valence electrons. The van der Waals surface area contributed by atoms with Crippen molar-refractivity contribution in [3.05, 3.63) is 28.2 Å². The second-order valence-corrected chi connectivity index (χ2v) is 6.59. The normalized spacial score (nSPS) is 17.2. The SMILES string of the molecule is CN(C)CC1CCN(c2cc(Br)ccc2CN)CC1. The minimum atomic E-state index is 0.611. The molecule has 3 nitrogen and oxygen atoms in total. The lowest BCUT2D eigenvalue weighted by Gasteiger charge is -2.35. The summed E-state index contributed by atoms with van der Waals surface area (Å²) in [6.07, 6.45) is 2.55. The molecular weight excluding hydrogens is 302 g/mol. The van der Waals surface area contributed by atoms with E-state index < -0.39 is 0 Å². The summed E-state index contributed by atoms with van der Waals surface area (Å²) in [5, 5.41) is 0. The molecule has 0 amide bonds. The van der Waals surface area contributed by atoms with Crippen molar-refractivity contribution in [3.63, 3.8) is 0 Å². The Hall–Kier alpha value is -0.580. The molecule has 1 heterocycles. The van der Waals surface area contributed by atoms with E-state index in [2.05, 4.69) is 58.0 Å². The minimum absolute atomic E-state index is 0.611. The van der Waals surface area contributed by atoms with Crippen LogP contribution in [0.3, 0.4) is 0 Å². The number of anilines is 1. The van der Waals surface area contributed by atoms with Crippen LogP contribution in [0.15, 0.2) is 22.7 Å². The van der Waals surface area contributed by atoms with Gasteiger partial charge in [-0.3, -0.25) is 0 Å². The van der Waals surface area contributed by atoms with Gasteiger partial charge in [-0.1, -0.05) is 22.0 Å². The molecule has 1 saturated heterocycles. The van der Waals surface area contributed by atoms with Crippen molar-refractivity contribution in [3.8, 4) is 0 Å². The standard InChI is InChI=1S/C15H24BrN3/c1-18(2)11-12-5-7-19(8-6-12)15-9-14(16)4-3-13(15)10-17/h3-4,9,12H,5-8,10-11,17H2,1-2H3. The molecule has 19 heavy (non-hydrogen) atoms. The highest BCUT2D eigenvalue weighted by molar-refractivity contribution is 9.10. The summed E-state index contributed by atoms with van der Waals surface area (Å²) in [4.78, 5) is 4.78. The van der Waals surface area contributed by atoms with Crippen molar-refractivity contribution in [2.75, 3.05) is 38.6 Å². The number of nitrogens with zero attached hydrogens (tertiary/aromatic N) is 2. The molecule has 0 spiro atoms. The molecular formula is C15H24BrN3. The Balaban J connectivity index is 2.03. The van der Waals surface area contributed by atoms with Crippen LogP contribution in [0, 0.1) is 5.92 Å². The second-order valence-electron chi connectivity index (χ2n) is 5.67. The summed E-state index contributed by atoms with van der Waals surface area (Å²) in [5.74, 6) is 0.833. The number of hydrogen-bond acceptors (Lipinski definition) is 3. The predicted molar refractivity (Wildman–Crippen MR) is 85.5 cm³/mol. The van der Waals surface area contributed by atoms with Crippen LogP contribution in [0.25, 0.3) is 0 Å². The van der Waals surface area contributed by atoms with E-state index in [-0.39, 0.29) is 0 Å². The Morgan fingerprint density at radius 1 is 1.32 bits per heavy atom. The van der Waals surface area contributed by atoms with Gasteiger partial charge in [0.1, 0.15) is 0 Å². The smallest absolute Gasteiger partial charge is 0.0423 e. The number of piperidine rings is 1. The van der Waals surface area contributed by atoms with E-state index in [4.69, 9.17) is 5.73 Å². The minimum Gasteiger partial charge on any atom is -0.371 e. The molecule has 4 heteroatoms. The van der Waals surface area contributed by atoms with Crippen LogP contribution in [0.2, 0.25) is 0 Å². The highest BCUT2D eigenvalue weighted by atomic mass is 79.9. The van der Waals surface area contributed by atoms with Crippen LogP contribution in [-0.4, -0.2) is 38.6 Å². The average Bonchev–Trinajstić information content (AvgIpc) is 2.39. The third-order valence-electron chi connectivity index (χ3n) is 3.85. The summed E-state index contributed by atoms with van der Waals surface area (Å²) >= 11 is 3.56. The third-order valence-corrected chi connectivity index (χ3v) is 4.34. The van der Waals surface area contributed by atoms with E-state index in [9.17, 15) is 0 Å². The average molecular weight is 326 g/mol. The Morgan fingerprint density at radius 3 is 2.58 bits per heavy atom. The first-order valence-electron chi connectivity index (χ1n) is 6.98. The summed E-state index contributed by atoms with van der Waals surface area (Å²) in [6, 6.07) is 6.41. The zero-order chi connectivity index (χ0) is 13.8. The first kappa shape index (κ1) is 14.8. The molecule has 0 unspecified atom stereocenters. The molecule has 2 rings (SSSR count). The lowest BCUT2D eigenvalue weighted by atomic mass is 9.95. The van der Waals surface area contributed by atoms with Gasteiger partial charge in [0.2, 0.25) is 0 Å². The van der Waals surface area contributed by atoms with E-state index in [1.807, 2.05) is 0 Å². The Kier molecular flexibility index (Phi) is 5.25. The maximum atomic E-state index is 5.85. The Bertz CT molecular complexity index is 412. The van der Waals surface area contributed by atoms with E-state index in [1.54, 1.807) is 0 Å². The van der Waals surface area contributed by atoms with Crippen molar-refractivity contribution in [1.82, 2.24) is 4.90 Å². The Morgan fingerprint density at radius 2 is 2.00 bits per heavy atom. The van der Waals surface area contributed by atoms with Crippen LogP contribution < -0.4 is 10.6 Å². The lowest BCUT2D eigenvalue weighted by Crippen LogP contribution is -2.37. The number of nitrogens with two attached hydrogens (primary N) is 1. The Labute approximate surface area is 124 Å². The maximum Gasteiger partial charge on any atom is 0.0423 e. The molecule has 0 radical (unpaired) electrons. The summed E-state index contributed by atoms with van der Waals surface area (Å²) in [6.45, 7) is 4.10. The summed E-state index contributed by atoms with van der Waals surface area (Å²) in [5.41, 5.74) is 8.40. The third kappa shape index (κ3) is 3.94. The highest BCUT2D eigenvalue weighted by Gasteiger charge is 2.21. The second kappa shape index (κ2) is 6.73. The van der Waals surface area contributed by atoms with E-state index in [1.165, 1.54) is 30.6 Å². The van der Waals surface area contributed by atoms with Crippen molar-refractivity contribution >= 4 is 21.6 Å². The van der Waals surface area contributed by atoms with E-state index in [0.717, 1.165) is 23.5 Å². The van der Waals surface area contributed by atoms with Gasteiger partial charge in [-0.25, -0.2) is 0 Å². The van der Waals surface area contributed by atoms with Crippen molar-refractivity contribution in [2.24, 2.45) is 11.7 Å². The molecule has 1 aromatic carbocycles. The van der Waals surface area contributed by atoms with Gasteiger partial charge in [0.05, 0.1) is 0 Å². The van der Waals surface area contributed by atoms with Crippen LogP contribution in [0.5, 0.6) is 0 Å². The van der Waals surface area contributed by atoms with Crippen molar-refractivity contribution < 1.29 is 0 Å². The molecule has 1 aromatic rings. The van der Waals surface area contributed by atoms with Crippen molar-refractivity contribution in [2.45, 2.75) is 19.4 Å². The molecule has 2 N–H and O–H groups in total. The molecule has 1 aliphatic rings. The van der Waals surface area contributed by atoms with Crippen LogP contribution in [0.4, 0.5) is 5.69 Å². The van der Waals surface area contributed by atoms with Crippen LogP contribution >= 0.6 is 15.9 Å². The number of benzene rings is 1. The molecule has 0 atom stereocenters. The molecule has 0 aliphatic carbocycles. The van der Waals surface area contributed by atoms with Crippen LogP contribution in [-0.2, 0) is 6.54 Å².